The zero-order valence-corrected chi connectivity index (χ0v) is 23.8. The lowest BCUT2D eigenvalue weighted by atomic mass is 9.99. The van der Waals surface area contributed by atoms with E-state index in [4.69, 9.17) is 0 Å². The predicted octanol–water partition coefficient (Wildman–Crippen LogP) is 4.07. The van der Waals surface area contributed by atoms with Crippen molar-refractivity contribution < 1.29 is 46.3 Å². The van der Waals surface area contributed by atoms with E-state index < -0.39 is 60.8 Å². The normalized spacial score (nSPS) is 11.6. The second kappa shape index (κ2) is 16.5. The molecule has 0 aromatic heterocycles. The van der Waals surface area contributed by atoms with Gasteiger partial charge in [-0.05, 0) is 40.8 Å². The molecular weight excluding hydrogens is 600 g/mol. The van der Waals surface area contributed by atoms with Crippen LogP contribution in [0.1, 0.15) is 36.4 Å². The number of carbonyl (C=O) groups is 5. The van der Waals surface area contributed by atoms with Crippen molar-refractivity contribution in [3.8, 4) is 11.1 Å². The third-order valence-electron chi connectivity index (χ3n) is 6.24. The molecule has 3 rings (SSSR count). The van der Waals surface area contributed by atoms with Gasteiger partial charge in [0.2, 0.25) is 11.8 Å². The van der Waals surface area contributed by atoms with Gasteiger partial charge in [0.25, 0.3) is 0 Å². The van der Waals surface area contributed by atoms with Crippen LogP contribution in [0, 0.1) is 5.82 Å². The monoisotopic (exact) mass is 630 g/mol. The fraction of sp³-hybridized carbons (Fsp3) is 0.258. The molecule has 0 fully saturated rings. The minimum Gasteiger partial charge on any atom is -0.386 e. The summed E-state index contributed by atoms with van der Waals surface area (Å²) in [5.41, 5.74) is 2.71. The van der Waals surface area contributed by atoms with Gasteiger partial charge in [0.1, 0.15) is 5.82 Å². The first-order valence-electron chi connectivity index (χ1n) is 13.7. The molecule has 0 saturated carbocycles. The molecule has 0 aliphatic heterocycles. The number of hydrogen-bond donors (Lipinski definition) is 4. The number of rotatable bonds is 13. The number of hydrogen-bond acceptors (Lipinski definition) is 6. The van der Waals surface area contributed by atoms with Gasteiger partial charge < -0.3 is 26.0 Å². The number of urea groups is 1. The van der Waals surface area contributed by atoms with E-state index in [2.05, 4.69) is 26.0 Å². The van der Waals surface area contributed by atoms with Crippen LogP contribution in [-0.4, -0.2) is 49.0 Å². The molecule has 0 aliphatic rings. The van der Waals surface area contributed by atoms with Crippen molar-refractivity contribution in [2.24, 2.45) is 0 Å². The summed E-state index contributed by atoms with van der Waals surface area (Å²) in [6.07, 6.45) is -5.96. The fourth-order valence-electron chi connectivity index (χ4n) is 3.97. The highest BCUT2D eigenvalue weighted by molar-refractivity contribution is 5.89. The highest BCUT2D eigenvalue weighted by Crippen LogP contribution is 2.24. The first kappa shape index (κ1) is 34.2. The quantitative estimate of drug-likeness (QED) is 0.0971. The average molecular weight is 631 g/mol. The van der Waals surface area contributed by atoms with E-state index >= 15 is 0 Å². The summed E-state index contributed by atoms with van der Waals surface area (Å²) in [4.78, 5) is 59.9. The Hall–Kier alpha value is -5.27. The largest absolute Gasteiger partial charge is 0.491 e. The highest BCUT2D eigenvalue weighted by Gasteiger charge is 2.42. The minimum atomic E-state index is -5.38. The Kier molecular flexibility index (Phi) is 12.6. The average Bonchev–Trinajstić information content (AvgIpc) is 3.01. The van der Waals surface area contributed by atoms with E-state index in [0.29, 0.717) is 11.1 Å². The molecule has 3 aromatic rings. The summed E-state index contributed by atoms with van der Waals surface area (Å²) in [6.45, 7) is -0.190. The molecule has 4 amide bonds. The predicted molar refractivity (Wildman–Crippen MR) is 153 cm³/mol. The SMILES string of the molecule is O=C(CCCNC(=O)NCc1ccc(F)cc1)NCC(=O)NC(CC(=O)OC(=O)C(F)(F)F)c1ccc(-c2ccccc2)cc1. The molecule has 0 bridgehead atoms. The van der Waals surface area contributed by atoms with Crippen molar-refractivity contribution >= 4 is 29.8 Å². The van der Waals surface area contributed by atoms with Crippen LogP contribution in [0.25, 0.3) is 11.1 Å². The Morgan fingerprint density at radius 1 is 0.756 bits per heavy atom. The van der Waals surface area contributed by atoms with Crippen molar-refractivity contribution in [3.05, 3.63) is 95.8 Å². The van der Waals surface area contributed by atoms with Crippen LogP contribution in [0.15, 0.2) is 78.9 Å². The zero-order valence-electron chi connectivity index (χ0n) is 23.8. The smallest absolute Gasteiger partial charge is 0.386 e. The summed E-state index contributed by atoms with van der Waals surface area (Å²) in [7, 11) is 0. The number of amides is 4. The summed E-state index contributed by atoms with van der Waals surface area (Å²) in [5, 5.41) is 10.0. The molecule has 1 atom stereocenters. The van der Waals surface area contributed by atoms with E-state index in [-0.39, 0.29) is 25.9 Å². The van der Waals surface area contributed by atoms with Gasteiger partial charge in [0, 0.05) is 19.5 Å². The van der Waals surface area contributed by atoms with Crippen molar-refractivity contribution in [2.45, 2.75) is 38.0 Å². The third-order valence-corrected chi connectivity index (χ3v) is 6.24. The van der Waals surface area contributed by atoms with Crippen LogP contribution in [0.3, 0.4) is 0 Å². The van der Waals surface area contributed by atoms with E-state index in [1.807, 2.05) is 30.3 Å². The molecule has 0 spiro atoms. The van der Waals surface area contributed by atoms with Crippen LogP contribution >= 0.6 is 0 Å². The van der Waals surface area contributed by atoms with Crippen molar-refractivity contribution in [3.63, 3.8) is 0 Å². The third kappa shape index (κ3) is 12.1. The van der Waals surface area contributed by atoms with Crippen LogP contribution in [0.4, 0.5) is 22.4 Å². The molecule has 0 heterocycles. The summed E-state index contributed by atoms with van der Waals surface area (Å²) >= 11 is 0. The molecule has 1 unspecified atom stereocenters. The Morgan fingerprint density at radius 3 is 2.04 bits per heavy atom. The van der Waals surface area contributed by atoms with Crippen LogP contribution in [-0.2, 0) is 30.5 Å². The van der Waals surface area contributed by atoms with E-state index in [0.717, 1.165) is 11.1 Å². The minimum absolute atomic E-state index is 0.0399. The van der Waals surface area contributed by atoms with Gasteiger partial charge in [0.15, 0.2) is 0 Å². The summed E-state index contributed by atoms with van der Waals surface area (Å²) in [5.74, 6) is -5.85. The van der Waals surface area contributed by atoms with Crippen molar-refractivity contribution in [1.82, 2.24) is 21.3 Å². The maximum atomic E-state index is 12.9. The number of alkyl halides is 3. The molecule has 14 heteroatoms. The first-order valence-corrected chi connectivity index (χ1v) is 13.7. The van der Waals surface area contributed by atoms with Crippen molar-refractivity contribution in [2.75, 3.05) is 13.1 Å². The highest BCUT2D eigenvalue weighted by atomic mass is 19.4. The molecular formula is C31H30F4N4O6. The molecule has 0 aliphatic carbocycles. The van der Waals surface area contributed by atoms with Gasteiger partial charge in [-0.1, -0.05) is 66.7 Å². The second-order valence-electron chi connectivity index (χ2n) is 9.69. The Morgan fingerprint density at radius 2 is 1.40 bits per heavy atom. The molecule has 10 nitrogen and oxygen atoms in total. The molecule has 0 radical (unpaired) electrons. The summed E-state index contributed by atoms with van der Waals surface area (Å²) in [6, 6.07) is 19.7. The number of nitrogens with one attached hydrogen (secondary N) is 4. The Bertz CT molecular complexity index is 1470. The molecule has 0 saturated heterocycles. The maximum Gasteiger partial charge on any atom is 0.491 e. The maximum absolute atomic E-state index is 12.9. The van der Waals surface area contributed by atoms with E-state index in [1.54, 1.807) is 24.3 Å². The van der Waals surface area contributed by atoms with Gasteiger partial charge in [-0.15, -0.1) is 0 Å². The van der Waals surface area contributed by atoms with E-state index in [1.165, 1.54) is 24.3 Å². The molecule has 45 heavy (non-hydrogen) atoms. The first-order chi connectivity index (χ1) is 21.4. The number of carbonyl (C=O) groups excluding carboxylic acids is 5. The van der Waals surface area contributed by atoms with Gasteiger partial charge in [-0.2, -0.15) is 13.2 Å². The number of halogens is 4. The van der Waals surface area contributed by atoms with Gasteiger partial charge in [-0.25, -0.2) is 14.0 Å². The van der Waals surface area contributed by atoms with Gasteiger partial charge in [0.05, 0.1) is 19.0 Å². The number of esters is 2. The van der Waals surface area contributed by atoms with Crippen molar-refractivity contribution in [1.29, 1.82) is 0 Å². The number of ether oxygens (including phenoxy) is 1. The van der Waals surface area contributed by atoms with Crippen LogP contribution < -0.4 is 21.3 Å². The van der Waals surface area contributed by atoms with Crippen LogP contribution in [0.5, 0.6) is 0 Å². The Labute approximate surface area is 255 Å². The van der Waals surface area contributed by atoms with Gasteiger partial charge >= 0.3 is 24.1 Å². The topological polar surface area (TPSA) is 143 Å². The van der Waals surface area contributed by atoms with Gasteiger partial charge in [-0.3, -0.25) is 14.4 Å². The van der Waals surface area contributed by atoms with E-state index in [9.17, 15) is 41.5 Å². The molecule has 4 N–H and O–H groups in total. The fourth-order valence-corrected chi connectivity index (χ4v) is 3.97. The Balaban J connectivity index is 1.48. The zero-order chi connectivity index (χ0) is 32.8. The molecule has 3 aromatic carbocycles. The van der Waals surface area contributed by atoms with Crippen LogP contribution in [0.2, 0.25) is 0 Å². The standard InChI is InChI=1S/C31H30F4N4O6/c32-24-14-8-20(9-15-24)18-38-30(44)36-16-4-7-26(40)37-19-27(41)39-25(17-28(42)45-29(43)31(33,34)35)23-12-10-22(11-13-23)21-5-2-1-3-6-21/h1-3,5-6,8-15,25H,4,7,16-19H2,(H,37,40)(H,39,41)(H2,36,38,44). The lowest BCUT2D eigenvalue weighted by molar-refractivity contribution is -0.202. The lowest BCUT2D eigenvalue weighted by Crippen LogP contribution is -2.40. The number of benzene rings is 3. The second-order valence-corrected chi connectivity index (χ2v) is 9.69. The molecule has 238 valence electrons. The lowest BCUT2D eigenvalue weighted by Gasteiger charge is -2.19. The summed E-state index contributed by atoms with van der Waals surface area (Å²) < 4.78 is 54.5.